The number of carbonyl (C=O) groups is 1. The third-order valence-electron chi connectivity index (χ3n) is 3.15. The molecule has 18 heavy (non-hydrogen) atoms. The lowest BCUT2D eigenvalue weighted by atomic mass is 10.1. The molecule has 0 radical (unpaired) electrons. The molecule has 1 heterocycles. The Morgan fingerprint density at radius 2 is 2.39 bits per heavy atom. The van der Waals surface area contributed by atoms with Crippen molar-refractivity contribution in [2.24, 2.45) is 5.92 Å². The van der Waals surface area contributed by atoms with Gasteiger partial charge in [-0.15, -0.1) is 0 Å². The minimum absolute atomic E-state index is 0.0978. The molecule has 2 rings (SSSR count). The van der Waals surface area contributed by atoms with Gasteiger partial charge in [0, 0.05) is 20.0 Å². The van der Waals surface area contributed by atoms with Crippen LogP contribution in [0.1, 0.15) is 12.0 Å². The molecular weight excluding hydrogens is 246 g/mol. The second-order valence-electron chi connectivity index (χ2n) is 4.35. The molecule has 4 nitrogen and oxygen atoms in total. The van der Waals surface area contributed by atoms with Crippen LogP contribution in [-0.4, -0.2) is 25.3 Å². The minimum Gasteiger partial charge on any atom is -0.386 e. The minimum atomic E-state index is 0.0978. The smallest absolute Gasteiger partial charge is 0.227 e. The van der Waals surface area contributed by atoms with Crippen LogP contribution in [0.2, 0.25) is 0 Å². The average Bonchev–Trinajstić information content (AvgIpc) is 2.79. The molecule has 0 aliphatic carbocycles. The van der Waals surface area contributed by atoms with E-state index in [1.54, 1.807) is 17.0 Å². The van der Waals surface area contributed by atoms with Gasteiger partial charge < -0.3 is 10.2 Å². The van der Waals surface area contributed by atoms with Gasteiger partial charge in [-0.1, -0.05) is 0 Å². The third-order valence-corrected chi connectivity index (χ3v) is 3.67. The van der Waals surface area contributed by atoms with Crippen molar-refractivity contribution >= 4 is 29.9 Å². The predicted molar refractivity (Wildman–Crippen MR) is 75.0 cm³/mol. The molecule has 0 bridgehead atoms. The van der Waals surface area contributed by atoms with Crippen molar-refractivity contribution in [3.63, 3.8) is 0 Å². The molecule has 1 aromatic carbocycles. The molecule has 1 unspecified atom stereocenters. The Labute approximate surface area is 112 Å². The van der Waals surface area contributed by atoms with E-state index in [2.05, 4.69) is 24.0 Å². The molecule has 1 aromatic rings. The normalized spacial score (nSPS) is 18.8. The second kappa shape index (κ2) is 5.32. The van der Waals surface area contributed by atoms with Gasteiger partial charge in [0.2, 0.25) is 5.91 Å². The van der Waals surface area contributed by atoms with Crippen LogP contribution < -0.4 is 10.2 Å². The Hall–Kier alpha value is -1.67. The Morgan fingerprint density at radius 3 is 2.94 bits per heavy atom. The second-order valence-corrected chi connectivity index (χ2v) is 4.72. The van der Waals surface area contributed by atoms with Gasteiger partial charge in [0.25, 0.3) is 0 Å². The number of benzene rings is 1. The summed E-state index contributed by atoms with van der Waals surface area (Å²) in [4.78, 5) is 13.7. The van der Waals surface area contributed by atoms with Crippen LogP contribution in [0.5, 0.6) is 0 Å². The Morgan fingerprint density at radius 1 is 1.61 bits per heavy atom. The zero-order chi connectivity index (χ0) is 13.1. The summed E-state index contributed by atoms with van der Waals surface area (Å²) in [5.41, 5.74) is 2.21. The van der Waals surface area contributed by atoms with E-state index < -0.39 is 0 Å². The van der Waals surface area contributed by atoms with Crippen molar-refractivity contribution in [2.75, 3.05) is 29.6 Å². The molecule has 1 aliphatic rings. The van der Waals surface area contributed by atoms with E-state index in [1.165, 1.54) is 0 Å². The van der Waals surface area contributed by atoms with Gasteiger partial charge in [-0.3, -0.25) is 4.79 Å². The summed E-state index contributed by atoms with van der Waals surface area (Å²) in [6, 6.07) is 7.43. The van der Waals surface area contributed by atoms with E-state index in [0.717, 1.165) is 11.4 Å². The number of amides is 1. The lowest BCUT2D eigenvalue weighted by Gasteiger charge is -2.20. The van der Waals surface area contributed by atoms with Gasteiger partial charge in [-0.05, 0) is 29.9 Å². The zero-order valence-electron chi connectivity index (χ0n) is 10.2. The highest BCUT2D eigenvalue weighted by Gasteiger charge is 2.30. The van der Waals surface area contributed by atoms with Crippen LogP contribution in [0.15, 0.2) is 18.2 Å². The van der Waals surface area contributed by atoms with E-state index in [0.29, 0.717) is 24.3 Å². The van der Waals surface area contributed by atoms with Gasteiger partial charge in [0.15, 0.2) is 0 Å². The number of anilines is 2. The molecule has 0 saturated carbocycles. The highest BCUT2D eigenvalue weighted by Crippen LogP contribution is 2.32. The molecule has 0 aromatic heterocycles. The average molecular weight is 261 g/mol. The van der Waals surface area contributed by atoms with Crippen molar-refractivity contribution < 1.29 is 4.79 Å². The summed E-state index contributed by atoms with van der Waals surface area (Å²) in [6.07, 6.45) is 0.531. The molecule has 1 amide bonds. The lowest BCUT2D eigenvalue weighted by Crippen LogP contribution is -2.25. The molecule has 94 valence electrons. The number of nitrogens with one attached hydrogen (secondary N) is 1. The van der Waals surface area contributed by atoms with Crippen LogP contribution >= 0.6 is 12.6 Å². The van der Waals surface area contributed by atoms with Gasteiger partial charge in [0.1, 0.15) is 0 Å². The van der Waals surface area contributed by atoms with Crippen LogP contribution in [0.3, 0.4) is 0 Å². The molecular formula is C13H15N3OS. The summed E-state index contributed by atoms with van der Waals surface area (Å²) < 4.78 is 0. The number of hydrogen-bond donors (Lipinski definition) is 2. The van der Waals surface area contributed by atoms with E-state index in [-0.39, 0.29) is 11.8 Å². The van der Waals surface area contributed by atoms with Crippen LogP contribution in [0.4, 0.5) is 11.4 Å². The van der Waals surface area contributed by atoms with Crippen LogP contribution in [-0.2, 0) is 4.79 Å². The summed E-state index contributed by atoms with van der Waals surface area (Å²) in [6.45, 7) is 0.673. The van der Waals surface area contributed by atoms with Gasteiger partial charge in [-0.2, -0.15) is 17.9 Å². The predicted octanol–water partition coefficient (Wildman–Crippen LogP) is 1.88. The maximum Gasteiger partial charge on any atom is 0.227 e. The number of carbonyl (C=O) groups excluding carboxylic acids is 1. The van der Waals surface area contributed by atoms with Crippen molar-refractivity contribution in [2.45, 2.75) is 6.42 Å². The van der Waals surface area contributed by atoms with Gasteiger partial charge in [0.05, 0.1) is 23.0 Å². The highest BCUT2D eigenvalue weighted by atomic mass is 32.1. The summed E-state index contributed by atoms with van der Waals surface area (Å²) in [7, 11) is 1.81. The van der Waals surface area contributed by atoms with Crippen molar-refractivity contribution in [3.8, 4) is 6.07 Å². The molecule has 1 atom stereocenters. The molecule has 1 saturated heterocycles. The SMILES string of the molecule is CNc1ccc(C#N)cc1N1CC(CS)CC1=O. The van der Waals surface area contributed by atoms with Gasteiger partial charge in [-0.25, -0.2) is 0 Å². The molecule has 1 N–H and O–H groups in total. The topological polar surface area (TPSA) is 56.1 Å². The number of nitriles is 1. The number of rotatable bonds is 3. The van der Waals surface area contributed by atoms with Crippen molar-refractivity contribution in [1.82, 2.24) is 0 Å². The molecule has 0 spiro atoms. The fourth-order valence-electron chi connectivity index (χ4n) is 2.17. The fraction of sp³-hybridized carbons (Fsp3) is 0.385. The fourth-order valence-corrected chi connectivity index (χ4v) is 2.42. The first-order chi connectivity index (χ1) is 8.69. The highest BCUT2D eigenvalue weighted by molar-refractivity contribution is 7.80. The molecule has 5 heteroatoms. The Bertz CT molecular complexity index is 509. The Kier molecular flexibility index (Phi) is 3.78. The monoisotopic (exact) mass is 261 g/mol. The first-order valence-corrected chi connectivity index (χ1v) is 6.46. The molecule has 1 fully saturated rings. The lowest BCUT2D eigenvalue weighted by molar-refractivity contribution is -0.117. The van der Waals surface area contributed by atoms with E-state index in [1.807, 2.05) is 13.1 Å². The summed E-state index contributed by atoms with van der Waals surface area (Å²) in [5.74, 6) is 1.09. The number of thiol groups is 1. The van der Waals surface area contributed by atoms with E-state index in [9.17, 15) is 4.79 Å². The van der Waals surface area contributed by atoms with Gasteiger partial charge >= 0.3 is 0 Å². The van der Waals surface area contributed by atoms with Crippen LogP contribution in [0.25, 0.3) is 0 Å². The van der Waals surface area contributed by atoms with E-state index in [4.69, 9.17) is 5.26 Å². The first kappa shape index (κ1) is 12.8. The quantitative estimate of drug-likeness (QED) is 0.817. The van der Waals surface area contributed by atoms with Crippen LogP contribution in [0, 0.1) is 17.2 Å². The first-order valence-electron chi connectivity index (χ1n) is 5.82. The van der Waals surface area contributed by atoms with Crippen molar-refractivity contribution in [1.29, 1.82) is 5.26 Å². The summed E-state index contributed by atoms with van der Waals surface area (Å²) in [5, 5.41) is 12.0. The number of hydrogen-bond acceptors (Lipinski definition) is 4. The maximum absolute atomic E-state index is 12.0. The third kappa shape index (κ3) is 2.29. The largest absolute Gasteiger partial charge is 0.386 e. The number of nitrogens with zero attached hydrogens (tertiary/aromatic N) is 2. The zero-order valence-corrected chi connectivity index (χ0v) is 11.1. The van der Waals surface area contributed by atoms with Crippen molar-refractivity contribution in [3.05, 3.63) is 23.8 Å². The van der Waals surface area contributed by atoms with E-state index >= 15 is 0 Å². The summed E-state index contributed by atoms with van der Waals surface area (Å²) >= 11 is 4.25. The standard InChI is InChI=1S/C13H15N3OS/c1-15-11-3-2-9(6-14)4-12(11)16-7-10(8-18)5-13(16)17/h2-4,10,15,18H,5,7-8H2,1H3. The maximum atomic E-state index is 12.0. The Balaban J connectivity index is 2.38. The molecule has 1 aliphatic heterocycles.